The van der Waals surface area contributed by atoms with Crippen molar-refractivity contribution in [1.29, 1.82) is 0 Å². The molecule has 29 heavy (non-hydrogen) atoms. The second-order valence-corrected chi connectivity index (χ2v) is 7.12. The first-order chi connectivity index (χ1) is 13.1. The van der Waals surface area contributed by atoms with Gasteiger partial charge in [0.2, 0.25) is 0 Å². The number of hydrogen-bond donors (Lipinski definition) is 3. The van der Waals surface area contributed by atoms with E-state index >= 15 is 0 Å². The molecule has 1 fully saturated rings. The molecule has 3 N–H and O–H groups in total. The van der Waals surface area contributed by atoms with Crippen molar-refractivity contribution in [3.8, 4) is 11.5 Å². The quantitative estimate of drug-likeness (QED) is 0.407. The molecule has 1 saturated carbocycles. The summed E-state index contributed by atoms with van der Waals surface area (Å²) in [6.45, 7) is 0.367. The Bertz CT molecular complexity index is 750. The minimum absolute atomic E-state index is 0. The summed E-state index contributed by atoms with van der Waals surface area (Å²) in [6.07, 6.45) is 7.94. The molecule has 0 amide bonds. The van der Waals surface area contributed by atoms with Crippen LogP contribution in [0.3, 0.4) is 0 Å². The standard InChI is InChI=1S/C22H27NO4.2CH4/c24-19-12-13-21(25)17(14-19)15-23-18-10-8-16(9-11-18)22(26)27-20-6-4-2-1-3-5-7-20;;/h8-14,20,23-25H,1-7,15H2;2*1H4. The molecule has 0 saturated heterocycles. The van der Waals surface area contributed by atoms with Gasteiger partial charge in [-0.3, -0.25) is 0 Å². The van der Waals surface area contributed by atoms with Crippen LogP contribution in [-0.4, -0.2) is 22.3 Å². The SMILES string of the molecule is C.C.O=C(OC1CCCCCCC1)c1ccc(NCc2cc(O)ccc2O)cc1. The van der Waals surface area contributed by atoms with Gasteiger partial charge < -0.3 is 20.3 Å². The number of phenols is 2. The number of carbonyl (C=O) groups is 1. The molecular weight excluding hydrogens is 366 g/mol. The zero-order valence-electron chi connectivity index (χ0n) is 15.5. The maximum absolute atomic E-state index is 12.4. The molecule has 0 bridgehead atoms. The minimum atomic E-state index is -0.266. The number of aromatic hydroxyl groups is 2. The van der Waals surface area contributed by atoms with Gasteiger partial charge in [-0.15, -0.1) is 0 Å². The van der Waals surface area contributed by atoms with Crippen LogP contribution in [0, 0.1) is 0 Å². The van der Waals surface area contributed by atoms with Crippen molar-refractivity contribution in [1.82, 2.24) is 0 Å². The van der Waals surface area contributed by atoms with Crippen LogP contribution in [-0.2, 0) is 11.3 Å². The highest BCUT2D eigenvalue weighted by molar-refractivity contribution is 5.89. The average molecular weight is 402 g/mol. The first-order valence-electron chi connectivity index (χ1n) is 9.67. The van der Waals surface area contributed by atoms with Crippen LogP contribution in [0.15, 0.2) is 42.5 Å². The van der Waals surface area contributed by atoms with Gasteiger partial charge in [0.15, 0.2) is 0 Å². The van der Waals surface area contributed by atoms with E-state index in [0.717, 1.165) is 31.4 Å². The highest BCUT2D eigenvalue weighted by Gasteiger charge is 2.17. The fourth-order valence-electron chi connectivity index (χ4n) is 3.39. The molecule has 0 spiro atoms. The Balaban J connectivity index is 0.00000210. The Kier molecular flexibility index (Phi) is 10.1. The van der Waals surface area contributed by atoms with E-state index in [-0.39, 0.29) is 38.4 Å². The molecule has 2 aromatic carbocycles. The molecular formula is C24H35NO4. The Hall–Kier alpha value is -2.69. The molecule has 1 aliphatic carbocycles. The second kappa shape index (κ2) is 12.0. The number of benzene rings is 2. The van der Waals surface area contributed by atoms with E-state index in [0.29, 0.717) is 17.7 Å². The monoisotopic (exact) mass is 401 g/mol. The van der Waals surface area contributed by atoms with Gasteiger partial charge in [-0.05, 0) is 68.1 Å². The van der Waals surface area contributed by atoms with Gasteiger partial charge in [0.05, 0.1) is 5.56 Å². The lowest BCUT2D eigenvalue weighted by Gasteiger charge is -2.20. The Morgan fingerprint density at radius 1 is 0.931 bits per heavy atom. The molecule has 0 radical (unpaired) electrons. The van der Waals surface area contributed by atoms with Crippen molar-refractivity contribution >= 4 is 11.7 Å². The van der Waals surface area contributed by atoms with Gasteiger partial charge >= 0.3 is 5.97 Å². The third-order valence-electron chi connectivity index (χ3n) is 4.99. The lowest BCUT2D eigenvalue weighted by atomic mass is 9.98. The van der Waals surface area contributed by atoms with E-state index in [2.05, 4.69) is 5.32 Å². The molecule has 0 unspecified atom stereocenters. The van der Waals surface area contributed by atoms with Gasteiger partial charge in [-0.2, -0.15) is 0 Å². The van der Waals surface area contributed by atoms with E-state index in [1.165, 1.54) is 37.5 Å². The van der Waals surface area contributed by atoms with Crippen molar-refractivity contribution < 1.29 is 19.7 Å². The highest BCUT2D eigenvalue weighted by Crippen LogP contribution is 2.24. The smallest absolute Gasteiger partial charge is 0.338 e. The minimum Gasteiger partial charge on any atom is -0.508 e. The van der Waals surface area contributed by atoms with Gasteiger partial charge in [-0.25, -0.2) is 4.79 Å². The van der Waals surface area contributed by atoms with Crippen molar-refractivity contribution in [3.63, 3.8) is 0 Å². The van der Waals surface area contributed by atoms with Gasteiger partial charge in [-0.1, -0.05) is 34.1 Å². The first kappa shape index (κ1) is 24.3. The van der Waals surface area contributed by atoms with Crippen LogP contribution >= 0.6 is 0 Å². The number of anilines is 1. The lowest BCUT2D eigenvalue weighted by molar-refractivity contribution is 0.0239. The topological polar surface area (TPSA) is 78.8 Å². The van der Waals surface area contributed by atoms with Gasteiger partial charge in [0.1, 0.15) is 17.6 Å². The third kappa shape index (κ3) is 7.33. The summed E-state index contributed by atoms with van der Waals surface area (Å²) in [5.74, 6) is -0.0330. The summed E-state index contributed by atoms with van der Waals surface area (Å²) < 4.78 is 5.69. The Morgan fingerprint density at radius 2 is 1.55 bits per heavy atom. The lowest BCUT2D eigenvalue weighted by Crippen LogP contribution is -2.19. The second-order valence-electron chi connectivity index (χ2n) is 7.12. The molecule has 3 rings (SSSR count). The summed E-state index contributed by atoms with van der Waals surface area (Å²) >= 11 is 0. The number of rotatable bonds is 5. The number of esters is 1. The van der Waals surface area contributed by atoms with Crippen LogP contribution < -0.4 is 5.32 Å². The van der Waals surface area contributed by atoms with Crippen LogP contribution in [0.1, 0.15) is 75.7 Å². The molecule has 2 aromatic rings. The van der Waals surface area contributed by atoms with Crippen LogP contribution in [0.2, 0.25) is 0 Å². The zero-order chi connectivity index (χ0) is 19.1. The van der Waals surface area contributed by atoms with E-state index in [4.69, 9.17) is 4.74 Å². The van der Waals surface area contributed by atoms with E-state index < -0.39 is 0 Å². The normalized spacial score (nSPS) is 14.5. The van der Waals surface area contributed by atoms with Gasteiger partial charge in [0, 0.05) is 17.8 Å². The van der Waals surface area contributed by atoms with Crippen molar-refractivity contribution in [2.24, 2.45) is 0 Å². The Morgan fingerprint density at radius 3 is 2.21 bits per heavy atom. The number of hydrogen-bond acceptors (Lipinski definition) is 5. The first-order valence-corrected chi connectivity index (χ1v) is 9.67. The number of carbonyl (C=O) groups excluding carboxylic acids is 1. The third-order valence-corrected chi connectivity index (χ3v) is 4.99. The van der Waals surface area contributed by atoms with Crippen molar-refractivity contribution in [3.05, 3.63) is 53.6 Å². The average Bonchev–Trinajstić information content (AvgIpc) is 2.65. The van der Waals surface area contributed by atoms with Crippen LogP contribution in [0.5, 0.6) is 11.5 Å². The van der Waals surface area contributed by atoms with E-state index in [9.17, 15) is 15.0 Å². The molecule has 1 aliphatic rings. The molecule has 0 aliphatic heterocycles. The maximum atomic E-state index is 12.4. The fourth-order valence-corrected chi connectivity index (χ4v) is 3.39. The summed E-state index contributed by atoms with van der Waals surface area (Å²) in [4.78, 5) is 12.4. The fraction of sp³-hybridized carbons (Fsp3) is 0.458. The molecule has 0 aromatic heterocycles. The number of phenolic OH excluding ortho intramolecular Hbond substituents is 2. The summed E-state index contributed by atoms with van der Waals surface area (Å²) in [7, 11) is 0. The molecule has 0 atom stereocenters. The molecule has 5 nitrogen and oxygen atoms in total. The number of nitrogens with one attached hydrogen (secondary N) is 1. The maximum Gasteiger partial charge on any atom is 0.338 e. The summed E-state index contributed by atoms with van der Waals surface area (Å²) in [5.41, 5.74) is 1.96. The largest absolute Gasteiger partial charge is 0.508 e. The van der Waals surface area contributed by atoms with E-state index in [1.54, 1.807) is 12.1 Å². The highest BCUT2D eigenvalue weighted by atomic mass is 16.5. The zero-order valence-corrected chi connectivity index (χ0v) is 15.5. The van der Waals surface area contributed by atoms with E-state index in [1.807, 2.05) is 12.1 Å². The molecule has 160 valence electrons. The van der Waals surface area contributed by atoms with Crippen molar-refractivity contribution in [2.75, 3.05) is 5.32 Å². The number of ether oxygens (including phenoxy) is 1. The predicted octanol–water partition coefficient (Wildman–Crippen LogP) is 6.25. The summed E-state index contributed by atoms with van der Waals surface area (Å²) in [5, 5.41) is 22.5. The van der Waals surface area contributed by atoms with Crippen LogP contribution in [0.25, 0.3) is 0 Å². The Labute approximate surface area is 174 Å². The summed E-state index contributed by atoms with van der Waals surface area (Å²) in [6, 6.07) is 11.5. The molecule has 5 heteroatoms. The molecule has 0 heterocycles. The predicted molar refractivity (Wildman–Crippen MR) is 119 cm³/mol. The van der Waals surface area contributed by atoms with Crippen molar-refractivity contribution in [2.45, 2.75) is 72.4 Å². The van der Waals surface area contributed by atoms with Gasteiger partial charge in [0.25, 0.3) is 0 Å². The van der Waals surface area contributed by atoms with Crippen LogP contribution in [0.4, 0.5) is 5.69 Å².